The van der Waals surface area contributed by atoms with E-state index in [9.17, 15) is 9.59 Å². The third-order valence-corrected chi connectivity index (χ3v) is 5.80. The maximum atomic E-state index is 13.3. The molecule has 168 valence electrons. The summed E-state index contributed by atoms with van der Waals surface area (Å²) in [5, 5.41) is 12.1. The maximum absolute atomic E-state index is 13.3. The molecular formula is C26H22N6O2. The van der Waals surface area contributed by atoms with Crippen LogP contribution in [0.25, 0.3) is 16.7 Å². The molecule has 1 aromatic carbocycles. The van der Waals surface area contributed by atoms with Gasteiger partial charge in [0.05, 0.1) is 23.5 Å². The second-order valence-electron chi connectivity index (χ2n) is 8.04. The molecule has 0 radical (unpaired) electrons. The second kappa shape index (κ2) is 8.74. The van der Waals surface area contributed by atoms with Gasteiger partial charge in [0, 0.05) is 18.6 Å². The van der Waals surface area contributed by atoms with Gasteiger partial charge in [0.2, 0.25) is 0 Å². The Balaban J connectivity index is 1.69. The fraction of sp³-hybridized carbons (Fsp3) is 0.115. The van der Waals surface area contributed by atoms with Gasteiger partial charge >= 0.3 is 0 Å². The normalized spacial score (nSPS) is 12.0. The number of hydrogen-bond acceptors (Lipinski definition) is 5. The van der Waals surface area contributed by atoms with E-state index in [0.29, 0.717) is 11.3 Å². The summed E-state index contributed by atoms with van der Waals surface area (Å²) in [6.07, 6.45) is 4.97. The summed E-state index contributed by atoms with van der Waals surface area (Å²) in [6.45, 7) is 2.15. The van der Waals surface area contributed by atoms with Crippen LogP contribution in [0.15, 0.2) is 90.1 Å². The van der Waals surface area contributed by atoms with Gasteiger partial charge in [0.25, 0.3) is 11.5 Å². The second-order valence-corrected chi connectivity index (χ2v) is 8.04. The van der Waals surface area contributed by atoms with Gasteiger partial charge in [0.1, 0.15) is 16.8 Å². The molecule has 4 aromatic heterocycles. The van der Waals surface area contributed by atoms with Gasteiger partial charge in [-0.3, -0.25) is 24.4 Å². The third kappa shape index (κ3) is 3.86. The molecule has 1 amide bonds. The molecule has 0 saturated carbocycles. The molecule has 1 atom stereocenters. The molecule has 0 fully saturated rings. The Kier molecular flexibility index (Phi) is 5.47. The highest BCUT2D eigenvalue weighted by Crippen LogP contribution is 2.15. The molecule has 0 aliphatic heterocycles. The quantitative estimate of drug-likeness (QED) is 0.402. The monoisotopic (exact) mass is 450 g/mol. The number of benzene rings is 1. The summed E-state index contributed by atoms with van der Waals surface area (Å²) in [4.78, 5) is 35.3. The molecule has 0 aliphatic rings. The zero-order chi connectivity index (χ0) is 23.7. The van der Waals surface area contributed by atoms with Crippen LogP contribution < -0.4 is 16.4 Å². The average molecular weight is 451 g/mol. The van der Waals surface area contributed by atoms with Crippen molar-refractivity contribution in [3.63, 3.8) is 0 Å². The van der Waals surface area contributed by atoms with E-state index in [0.717, 1.165) is 11.1 Å². The smallest absolute Gasteiger partial charge is 0.267 e. The molecule has 1 unspecified atom stereocenters. The van der Waals surface area contributed by atoms with Gasteiger partial charge in [-0.15, -0.1) is 0 Å². The molecule has 0 aliphatic carbocycles. The molecule has 0 bridgehead atoms. The van der Waals surface area contributed by atoms with Gasteiger partial charge in [-0.25, -0.2) is 4.98 Å². The van der Waals surface area contributed by atoms with E-state index in [1.165, 1.54) is 10.5 Å². The Morgan fingerprint density at radius 1 is 1.06 bits per heavy atom. The lowest BCUT2D eigenvalue weighted by Crippen LogP contribution is -2.36. The van der Waals surface area contributed by atoms with Gasteiger partial charge in [-0.1, -0.05) is 36.4 Å². The van der Waals surface area contributed by atoms with Crippen LogP contribution in [0, 0.1) is 5.41 Å². The Morgan fingerprint density at radius 3 is 2.56 bits per heavy atom. The highest BCUT2D eigenvalue weighted by atomic mass is 16.2. The van der Waals surface area contributed by atoms with E-state index in [-0.39, 0.29) is 34.6 Å². The zero-order valence-electron chi connectivity index (χ0n) is 18.5. The van der Waals surface area contributed by atoms with Crippen LogP contribution in [-0.4, -0.2) is 24.8 Å². The van der Waals surface area contributed by atoms with Crippen LogP contribution in [0.4, 0.5) is 0 Å². The summed E-state index contributed by atoms with van der Waals surface area (Å²) in [5.74, 6) is -0.427. The predicted molar refractivity (Wildman–Crippen MR) is 128 cm³/mol. The van der Waals surface area contributed by atoms with Crippen LogP contribution in [0.5, 0.6) is 0 Å². The minimum absolute atomic E-state index is 0.0192. The number of carbonyl (C=O) groups is 1. The lowest BCUT2D eigenvalue weighted by atomic mass is 10.1. The van der Waals surface area contributed by atoms with Crippen molar-refractivity contribution in [2.24, 2.45) is 0 Å². The average Bonchev–Trinajstić information content (AvgIpc) is 2.87. The summed E-state index contributed by atoms with van der Waals surface area (Å²) in [7, 11) is 0. The molecule has 8 heteroatoms. The van der Waals surface area contributed by atoms with Gasteiger partial charge in [-0.05, 0) is 48.4 Å². The number of fused-ring (bicyclic) bond motifs is 2. The number of hydrogen-bond donors (Lipinski definition) is 2. The van der Waals surface area contributed by atoms with Gasteiger partial charge in [-0.2, -0.15) is 0 Å². The summed E-state index contributed by atoms with van der Waals surface area (Å²) >= 11 is 0. The lowest BCUT2D eigenvalue weighted by Gasteiger charge is -2.17. The van der Waals surface area contributed by atoms with E-state index >= 15 is 0 Å². The van der Waals surface area contributed by atoms with Crippen molar-refractivity contribution >= 4 is 22.6 Å². The maximum Gasteiger partial charge on any atom is 0.267 e. The highest BCUT2D eigenvalue weighted by Gasteiger charge is 2.19. The number of nitrogens with one attached hydrogen (secondary N) is 2. The highest BCUT2D eigenvalue weighted by molar-refractivity contribution is 5.97. The fourth-order valence-electron chi connectivity index (χ4n) is 3.98. The summed E-state index contributed by atoms with van der Waals surface area (Å²) < 4.78 is 3.04. The first-order valence-corrected chi connectivity index (χ1v) is 10.9. The van der Waals surface area contributed by atoms with Gasteiger partial charge < -0.3 is 9.88 Å². The fourth-order valence-corrected chi connectivity index (χ4v) is 3.98. The molecule has 5 rings (SSSR count). The van der Waals surface area contributed by atoms with E-state index in [4.69, 9.17) is 5.41 Å². The first-order valence-electron chi connectivity index (χ1n) is 10.9. The Labute approximate surface area is 194 Å². The molecule has 2 N–H and O–H groups in total. The largest absolute Gasteiger partial charge is 0.345 e. The van der Waals surface area contributed by atoms with Crippen LogP contribution in [-0.2, 0) is 6.54 Å². The van der Waals surface area contributed by atoms with Crippen LogP contribution in [0.3, 0.4) is 0 Å². The van der Waals surface area contributed by atoms with E-state index in [1.54, 1.807) is 41.4 Å². The number of carbonyl (C=O) groups excluding carboxylic acids is 1. The first kappa shape index (κ1) is 21.3. The molecular weight excluding hydrogens is 428 g/mol. The van der Waals surface area contributed by atoms with Crippen molar-refractivity contribution in [1.29, 1.82) is 5.41 Å². The Hall–Kier alpha value is -4.59. The molecule has 4 heterocycles. The van der Waals surface area contributed by atoms with Crippen molar-refractivity contribution in [1.82, 2.24) is 24.3 Å². The van der Waals surface area contributed by atoms with Crippen molar-refractivity contribution < 1.29 is 4.79 Å². The van der Waals surface area contributed by atoms with Crippen molar-refractivity contribution in [2.75, 3.05) is 0 Å². The number of aromatic nitrogens is 4. The van der Waals surface area contributed by atoms with E-state index < -0.39 is 5.91 Å². The number of nitrogens with zero attached hydrogens (tertiary/aromatic N) is 4. The van der Waals surface area contributed by atoms with Crippen molar-refractivity contribution in [3.05, 3.63) is 118 Å². The summed E-state index contributed by atoms with van der Waals surface area (Å²) in [5.41, 5.74) is 2.44. The SMILES string of the molecule is CC(NC(=O)c1cc2c(=O)n3ccccc3nc2n(Cc2ccncc2)c1=N)c1ccccc1. The molecule has 0 saturated heterocycles. The standard InChI is InChI=1S/C26H22N6O2/c1-17(19-7-3-2-4-8-19)29-25(33)20-15-21-24(30-22-9-5-6-14-31(22)26(21)34)32(23(20)27)16-18-10-12-28-13-11-18/h2-15,17,27H,16H2,1H3,(H,29,33). The molecule has 5 aromatic rings. The van der Waals surface area contributed by atoms with Crippen LogP contribution in [0.1, 0.15) is 34.5 Å². The van der Waals surface area contributed by atoms with E-state index in [1.807, 2.05) is 49.4 Å². The van der Waals surface area contributed by atoms with Crippen molar-refractivity contribution in [2.45, 2.75) is 19.5 Å². The minimum atomic E-state index is -0.427. The van der Waals surface area contributed by atoms with Gasteiger partial charge in [0.15, 0.2) is 0 Å². The number of amides is 1. The molecule has 34 heavy (non-hydrogen) atoms. The Morgan fingerprint density at radius 2 is 1.79 bits per heavy atom. The lowest BCUT2D eigenvalue weighted by molar-refractivity contribution is 0.0937. The molecule has 8 nitrogen and oxygen atoms in total. The minimum Gasteiger partial charge on any atom is -0.345 e. The van der Waals surface area contributed by atoms with Crippen LogP contribution in [0.2, 0.25) is 0 Å². The molecule has 0 spiro atoms. The zero-order valence-corrected chi connectivity index (χ0v) is 18.5. The van der Waals surface area contributed by atoms with Crippen LogP contribution >= 0.6 is 0 Å². The van der Waals surface area contributed by atoms with Crippen molar-refractivity contribution in [3.8, 4) is 0 Å². The summed E-state index contributed by atoms with van der Waals surface area (Å²) in [6, 6.07) is 19.7. The third-order valence-electron chi connectivity index (χ3n) is 5.80. The number of rotatable bonds is 5. The number of pyridine rings is 3. The topological polar surface area (TPSA) is 105 Å². The first-order chi connectivity index (χ1) is 16.5. The predicted octanol–water partition coefficient (Wildman–Crippen LogP) is 3.06. The Bertz CT molecular complexity index is 1620. The van der Waals surface area contributed by atoms with E-state index in [2.05, 4.69) is 15.3 Å².